The molecule has 0 bridgehead atoms. The van der Waals surface area contributed by atoms with Gasteiger partial charge in [-0.15, -0.1) is 23.1 Å². The van der Waals surface area contributed by atoms with E-state index in [4.69, 9.17) is 9.57 Å². The Morgan fingerprint density at radius 2 is 2.11 bits per heavy atom. The molecule has 3 unspecified atom stereocenters. The van der Waals surface area contributed by atoms with Crippen LogP contribution in [-0.2, 0) is 33.5 Å². The van der Waals surface area contributed by atoms with Crippen molar-refractivity contribution in [3.8, 4) is 0 Å². The molecule has 2 amide bonds. The summed E-state index contributed by atoms with van der Waals surface area (Å²) >= 11 is 4.83. The fourth-order valence-corrected chi connectivity index (χ4v) is 5.53. The summed E-state index contributed by atoms with van der Waals surface area (Å²) in [6, 6.07) is -0.914. The molecule has 1 aromatic rings. The summed E-state index contributed by atoms with van der Waals surface area (Å²) in [4.78, 5) is 61.2. The number of rotatable bonds is 10. The zero-order valence-corrected chi connectivity index (χ0v) is 23.6. The van der Waals surface area contributed by atoms with Crippen LogP contribution < -0.4 is 10.6 Å². The summed E-state index contributed by atoms with van der Waals surface area (Å²) in [5.41, 5.74) is 0.817. The van der Waals surface area contributed by atoms with Gasteiger partial charge >= 0.3 is 11.9 Å². The largest absolute Gasteiger partial charge is 0.466 e. The lowest BCUT2D eigenvalue weighted by Crippen LogP contribution is -2.71. The first-order valence-corrected chi connectivity index (χ1v) is 14.0. The van der Waals surface area contributed by atoms with E-state index in [1.54, 1.807) is 18.5 Å². The second-order valence-electron chi connectivity index (χ2n) is 7.28. The number of amides is 2. The topological polar surface area (TPSA) is 149 Å². The molecule has 36 heavy (non-hydrogen) atoms. The van der Waals surface area contributed by atoms with E-state index in [9.17, 15) is 19.2 Å². The van der Waals surface area contributed by atoms with Gasteiger partial charge in [-0.3, -0.25) is 14.5 Å². The van der Waals surface area contributed by atoms with Gasteiger partial charge in [-0.25, -0.2) is 14.6 Å². The van der Waals surface area contributed by atoms with Crippen LogP contribution in [0.5, 0.6) is 0 Å². The highest BCUT2D eigenvalue weighted by Gasteiger charge is 2.54. The summed E-state index contributed by atoms with van der Waals surface area (Å²) < 4.78 is 10.2. The van der Waals surface area contributed by atoms with Gasteiger partial charge in [0.05, 0.1) is 14.2 Å². The average Bonchev–Trinajstić information content (AvgIpc) is 3.37. The number of carbonyl (C=O) groups excluding carboxylic acids is 4. The molecule has 2 aliphatic heterocycles. The van der Waals surface area contributed by atoms with Gasteiger partial charge in [0.15, 0.2) is 10.8 Å². The standard InChI is InChI=1S/C21H24IN5O7S2/c1-10(19(30)32-3)34-26-13(12-9-36-21(23-2)24-12)16(28)25-14-17(29)27-15(20(31)33-4)11(6-5-7-22)8-35-18(14)27/h5-6,9-10,14,18H,7-8H2,1-4H3,(H,23,24)(H,25,28)/b6-5+,26-13-. The van der Waals surface area contributed by atoms with Gasteiger partial charge in [-0.2, -0.15) is 0 Å². The number of nitrogens with zero attached hydrogens (tertiary/aromatic N) is 3. The maximum atomic E-state index is 13.2. The third-order valence-electron chi connectivity index (χ3n) is 5.08. The van der Waals surface area contributed by atoms with E-state index < -0.39 is 41.3 Å². The number of thiazole rings is 1. The Hall–Kier alpha value is -2.66. The molecule has 0 aromatic carbocycles. The number of fused-ring (bicyclic) bond motifs is 1. The number of oxime groups is 1. The lowest BCUT2D eigenvalue weighted by atomic mass is 10.0. The van der Waals surface area contributed by atoms with Crippen molar-refractivity contribution in [2.75, 3.05) is 36.8 Å². The smallest absolute Gasteiger partial charge is 0.355 e. The molecule has 194 valence electrons. The van der Waals surface area contributed by atoms with Crippen molar-refractivity contribution < 1.29 is 33.5 Å². The number of esters is 2. The van der Waals surface area contributed by atoms with Gasteiger partial charge in [-0.05, 0) is 12.5 Å². The first kappa shape index (κ1) is 27.9. The van der Waals surface area contributed by atoms with E-state index in [0.717, 1.165) is 4.43 Å². The quantitative estimate of drug-likeness (QED) is 0.0949. The predicted molar refractivity (Wildman–Crippen MR) is 143 cm³/mol. The van der Waals surface area contributed by atoms with Crippen molar-refractivity contribution >= 4 is 80.3 Å². The summed E-state index contributed by atoms with van der Waals surface area (Å²) in [7, 11) is 4.13. The number of nitrogens with one attached hydrogen (secondary N) is 2. The van der Waals surface area contributed by atoms with Crippen molar-refractivity contribution in [2.24, 2.45) is 5.16 Å². The third kappa shape index (κ3) is 5.83. The highest BCUT2D eigenvalue weighted by molar-refractivity contribution is 14.1. The lowest BCUT2D eigenvalue weighted by molar-refractivity contribution is -0.153. The molecule has 2 N–H and O–H groups in total. The van der Waals surface area contributed by atoms with E-state index in [0.29, 0.717) is 16.5 Å². The summed E-state index contributed by atoms with van der Waals surface area (Å²) in [6.45, 7) is 1.42. The molecule has 1 fully saturated rings. The van der Waals surface area contributed by atoms with Crippen LogP contribution in [0.1, 0.15) is 12.6 Å². The number of methoxy groups -OCH3 is 2. The Morgan fingerprint density at radius 1 is 1.36 bits per heavy atom. The maximum absolute atomic E-state index is 13.2. The molecule has 1 aromatic heterocycles. The minimum Gasteiger partial charge on any atom is -0.466 e. The highest BCUT2D eigenvalue weighted by Crippen LogP contribution is 2.41. The van der Waals surface area contributed by atoms with Crippen LogP contribution in [0, 0.1) is 0 Å². The van der Waals surface area contributed by atoms with E-state index in [2.05, 4.69) is 48.1 Å². The zero-order valence-electron chi connectivity index (χ0n) is 19.8. The van der Waals surface area contributed by atoms with Crippen molar-refractivity contribution in [3.05, 3.63) is 34.5 Å². The number of aromatic nitrogens is 1. The highest BCUT2D eigenvalue weighted by atomic mass is 127. The number of anilines is 1. The Bertz CT molecular complexity index is 1140. The number of thioether (sulfide) groups is 1. The van der Waals surface area contributed by atoms with Gasteiger partial charge < -0.3 is 24.9 Å². The van der Waals surface area contributed by atoms with Crippen molar-refractivity contribution in [3.63, 3.8) is 0 Å². The molecule has 2 aliphatic rings. The Kier molecular flexibility index (Phi) is 9.72. The number of alkyl halides is 1. The molecule has 15 heteroatoms. The summed E-state index contributed by atoms with van der Waals surface area (Å²) in [5.74, 6) is -2.03. The van der Waals surface area contributed by atoms with Crippen LogP contribution in [0.4, 0.5) is 5.13 Å². The number of ether oxygens (including phenoxy) is 2. The second kappa shape index (κ2) is 12.5. The molecule has 0 aliphatic carbocycles. The Morgan fingerprint density at radius 3 is 2.72 bits per heavy atom. The molecule has 3 atom stereocenters. The van der Waals surface area contributed by atoms with Gasteiger partial charge in [-0.1, -0.05) is 39.9 Å². The van der Waals surface area contributed by atoms with Crippen molar-refractivity contribution in [1.29, 1.82) is 0 Å². The second-order valence-corrected chi connectivity index (χ2v) is 10.1. The van der Waals surface area contributed by atoms with Gasteiger partial charge in [0, 0.05) is 22.6 Å². The normalized spacial score (nSPS) is 20.4. The van der Waals surface area contributed by atoms with Crippen LogP contribution in [0.25, 0.3) is 0 Å². The number of halogens is 1. The fraction of sp³-hybridized carbons (Fsp3) is 0.429. The predicted octanol–water partition coefficient (Wildman–Crippen LogP) is 1.29. The van der Waals surface area contributed by atoms with Crippen LogP contribution in [0.3, 0.4) is 0 Å². The van der Waals surface area contributed by atoms with Gasteiger partial charge in [0.1, 0.15) is 22.8 Å². The van der Waals surface area contributed by atoms with Gasteiger partial charge in [0.25, 0.3) is 11.8 Å². The summed E-state index contributed by atoms with van der Waals surface area (Å²) in [6.07, 6.45) is 2.61. The molecular formula is C21H24IN5O7S2. The summed E-state index contributed by atoms with van der Waals surface area (Å²) in [5, 5.41) is 11.0. The molecule has 0 radical (unpaired) electrons. The number of hydrogen-bond donors (Lipinski definition) is 2. The van der Waals surface area contributed by atoms with Crippen LogP contribution in [0.2, 0.25) is 0 Å². The van der Waals surface area contributed by atoms with Crippen molar-refractivity contribution in [2.45, 2.75) is 24.4 Å². The number of β-lactam (4-membered cyclic amide) rings is 1. The number of allylic oxidation sites excluding steroid dienone is 2. The lowest BCUT2D eigenvalue weighted by Gasteiger charge is -2.49. The van der Waals surface area contributed by atoms with Crippen LogP contribution in [-0.4, -0.2) is 88.3 Å². The molecule has 0 spiro atoms. The van der Waals surface area contributed by atoms with Crippen LogP contribution >= 0.6 is 45.7 Å². The maximum Gasteiger partial charge on any atom is 0.355 e. The first-order chi connectivity index (χ1) is 17.3. The molecule has 1 saturated heterocycles. The molecule has 3 heterocycles. The first-order valence-electron chi connectivity index (χ1n) is 10.5. The van der Waals surface area contributed by atoms with Crippen LogP contribution in [0.15, 0.2) is 34.0 Å². The number of carbonyl (C=O) groups is 4. The SMILES string of the molecule is CNc1nc(/C(=N/OC(C)C(=O)OC)C(=O)NC2C(=O)N3C(C(=O)OC)=C(/C=C/CI)CSC23)cs1. The third-order valence-corrected chi connectivity index (χ3v) is 7.75. The fourth-order valence-electron chi connectivity index (χ4n) is 3.30. The number of hydrogen-bond acceptors (Lipinski definition) is 12. The van der Waals surface area contributed by atoms with E-state index in [1.807, 2.05) is 6.08 Å². The molecular weight excluding hydrogens is 625 g/mol. The van der Waals surface area contributed by atoms with E-state index in [1.165, 1.54) is 49.1 Å². The monoisotopic (exact) mass is 649 g/mol. The van der Waals surface area contributed by atoms with Crippen molar-refractivity contribution in [1.82, 2.24) is 15.2 Å². The van der Waals surface area contributed by atoms with E-state index >= 15 is 0 Å². The zero-order chi connectivity index (χ0) is 26.4. The molecule has 3 rings (SSSR count). The Balaban J connectivity index is 1.84. The average molecular weight is 649 g/mol. The minimum atomic E-state index is -1.07. The van der Waals surface area contributed by atoms with E-state index in [-0.39, 0.29) is 17.1 Å². The van der Waals surface area contributed by atoms with Gasteiger partial charge in [0.2, 0.25) is 6.10 Å². The molecule has 0 saturated carbocycles. The Labute approximate surface area is 229 Å². The minimum absolute atomic E-state index is 0.167. The molecule has 12 nitrogen and oxygen atoms in total.